The number of aryl methyl sites for hydroxylation is 3. The highest BCUT2D eigenvalue weighted by Crippen LogP contribution is 2.43. The molecule has 0 saturated carbocycles. The lowest BCUT2D eigenvalue weighted by molar-refractivity contribution is 0.674. The highest BCUT2D eigenvalue weighted by molar-refractivity contribution is 5.83. The van der Waals surface area contributed by atoms with Crippen molar-refractivity contribution in [3.8, 4) is 0 Å². The van der Waals surface area contributed by atoms with Crippen LogP contribution in [0.1, 0.15) is 56.7 Å². The monoisotopic (exact) mass is 836 g/mol. The van der Waals surface area contributed by atoms with Crippen molar-refractivity contribution in [2.24, 2.45) is 23.7 Å². The molecule has 0 fully saturated rings. The fourth-order valence-electron chi connectivity index (χ4n) is 8.74. The first-order valence-electron chi connectivity index (χ1n) is 23.2. The van der Waals surface area contributed by atoms with Crippen LogP contribution in [-0.4, -0.2) is 4.98 Å². The number of H-pyrrole nitrogens is 1. The van der Waals surface area contributed by atoms with Crippen LogP contribution >= 0.6 is 0 Å². The average molecular weight is 836 g/mol. The Morgan fingerprint density at radius 2 is 1.02 bits per heavy atom. The van der Waals surface area contributed by atoms with Gasteiger partial charge in [0.25, 0.3) is 0 Å². The van der Waals surface area contributed by atoms with Gasteiger partial charge in [-0.1, -0.05) is 230 Å². The van der Waals surface area contributed by atoms with E-state index in [4.69, 9.17) is 0 Å². The van der Waals surface area contributed by atoms with Gasteiger partial charge in [0.2, 0.25) is 0 Å². The van der Waals surface area contributed by atoms with Gasteiger partial charge < -0.3 is 4.98 Å². The molecule has 4 atom stereocenters. The van der Waals surface area contributed by atoms with Crippen LogP contribution in [0.5, 0.6) is 0 Å². The number of nitrogens with one attached hydrogen (secondary N) is 1. The normalized spacial score (nSPS) is 18.9. The third-order valence-corrected chi connectivity index (χ3v) is 12.3. The zero-order chi connectivity index (χ0) is 44.7. The van der Waals surface area contributed by atoms with Crippen molar-refractivity contribution in [3.05, 3.63) is 249 Å². The quantitative estimate of drug-likeness (QED) is 0.147. The number of aromatic nitrogens is 1. The van der Waals surface area contributed by atoms with Crippen LogP contribution in [0.25, 0.3) is 45.8 Å². The Morgan fingerprint density at radius 1 is 0.453 bits per heavy atom. The maximum absolute atomic E-state index is 3.19. The van der Waals surface area contributed by atoms with E-state index in [1.54, 1.807) is 5.57 Å². The first-order valence-corrected chi connectivity index (χ1v) is 23.2. The van der Waals surface area contributed by atoms with E-state index in [1.807, 2.05) is 42.6 Å². The summed E-state index contributed by atoms with van der Waals surface area (Å²) in [6.45, 7) is 13.1. The third-order valence-electron chi connectivity index (χ3n) is 12.3. The molecule has 322 valence electrons. The molecule has 0 spiro atoms. The third kappa shape index (κ3) is 12.7. The number of hydrogen-bond acceptors (Lipinski definition) is 0. The second kappa shape index (κ2) is 22.6. The molecule has 1 aromatic heterocycles. The molecule has 0 saturated heterocycles. The Labute approximate surface area is 382 Å². The molecule has 5 aliphatic rings. The Kier molecular flexibility index (Phi) is 16.0. The summed E-state index contributed by atoms with van der Waals surface area (Å²) in [5.74, 6) is 2.60. The summed E-state index contributed by atoms with van der Waals surface area (Å²) < 4.78 is 0. The maximum Gasteiger partial charge on any atom is 0.0410 e. The van der Waals surface area contributed by atoms with Crippen molar-refractivity contribution in [1.29, 1.82) is 0 Å². The van der Waals surface area contributed by atoms with Gasteiger partial charge >= 0.3 is 0 Å². The van der Waals surface area contributed by atoms with Gasteiger partial charge in [0, 0.05) is 23.4 Å². The fourth-order valence-corrected chi connectivity index (χ4v) is 8.74. The number of allylic oxidation sites excluding steroid dienone is 10. The van der Waals surface area contributed by atoms with Gasteiger partial charge in [-0.15, -0.1) is 0 Å². The van der Waals surface area contributed by atoms with Gasteiger partial charge in [-0.25, -0.2) is 0 Å². The Morgan fingerprint density at radius 3 is 1.66 bits per heavy atom. The molecule has 7 aromatic rings. The molecule has 1 heteroatoms. The molecule has 0 radical (unpaired) electrons. The second-order valence-corrected chi connectivity index (χ2v) is 17.8. The molecule has 64 heavy (non-hydrogen) atoms. The lowest BCUT2D eigenvalue weighted by Crippen LogP contribution is -2.28. The van der Waals surface area contributed by atoms with Crippen molar-refractivity contribution in [3.63, 3.8) is 0 Å². The van der Waals surface area contributed by atoms with Crippen LogP contribution in [0.3, 0.4) is 0 Å². The molecule has 0 amide bonds. The molecule has 12 rings (SSSR count). The minimum absolute atomic E-state index is 0.559. The Bertz CT molecular complexity index is 3000. The molecule has 1 heterocycles. The fraction of sp³-hybridized carbons (Fsp3) is 0.206. The number of rotatable bonds is 0. The van der Waals surface area contributed by atoms with Crippen molar-refractivity contribution in [2.75, 3.05) is 0 Å². The lowest BCUT2D eigenvalue weighted by atomic mass is 9.73. The zero-order valence-electron chi connectivity index (χ0n) is 38.7. The van der Waals surface area contributed by atoms with E-state index in [9.17, 15) is 0 Å². The van der Waals surface area contributed by atoms with Crippen LogP contribution < -0.4 is 21.0 Å². The summed E-state index contributed by atoms with van der Waals surface area (Å²) in [5.41, 5.74) is 8.57. The van der Waals surface area contributed by atoms with Crippen LogP contribution in [0.15, 0.2) is 211 Å². The van der Waals surface area contributed by atoms with Gasteiger partial charge in [0.05, 0.1) is 0 Å². The van der Waals surface area contributed by atoms with Crippen molar-refractivity contribution in [1.82, 2.24) is 4.98 Å². The first kappa shape index (κ1) is 45.3. The van der Waals surface area contributed by atoms with E-state index in [1.165, 1.54) is 89.6 Å². The Balaban J connectivity index is 0.000000117. The summed E-state index contributed by atoms with van der Waals surface area (Å²) in [6, 6.07) is 50.7. The van der Waals surface area contributed by atoms with E-state index in [-0.39, 0.29) is 0 Å². The summed E-state index contributed by atoms with van der Waals surface area (Å²) in [6.07, 6.45) is 30.7. The van der Waals surface area contributed by atoms with Gasteiger partial charge in [-0.2, -0.15) is 0 Å². The molecular weight excluding hydrogens is 771 g/mol. The molecule has 5 aliphatic carbocycles. The SMILES string of the molecule is CC1=CC2C=CC=C2C2=CC=CCC12.CC1C=c2cc3ccccc3cc2=CC1.CC1C=c2cc[nH]c2=CC1.Cc1ccc2ccccc2c1.Cc1ccccc1.Cc1ccccc1. The first-order chi connectivity index (χ1) is 31.2. The number of benzene rings is 6. The number of hydrogen-bond donors (Lipinski definition) is 1. The van der Waals surface area contributed by atoms with Crippen molar-refractivity contribution < 1.29 is 0 Å². The smallest absolute Gasteiger partial charge is 0.0410 e. The van der Waals surface area contributed by atoms with Crippen LogP contribution in [-0.2, 0) is 0 Å². The largest absolute Gasteiger partial charge is 0.361 e. The summed E-state index contributed by atoms with van der Waals surface area (Å²) >= 11 is 0. The molecule has 0 bridgehead atoms. The molecule has 1 N–H and O–H groups in total. The number of fused-ring (bicyclic) bond motifs is 7. The van der Waals surface area contributed by atoms with Crippen molar-refractivity contribution >= 4 is 45.8 Å². The standard InChI is InChI=1S/C15H14.C14H14.C11H10.C9H11N.2C7H8/c1-11-6-7-14-9-12-4-2-3-5-13(12)10-15(14)8-11;1-10-9-11-5-4-8-13(11)14-7-3-2-6-12(10)14;1-9-6-7-10-4-2-3-5-11(10)8-9;1-7-2-3-9-8(6-7)4-5-10-9;2*1-7-5-3-2-4-6-7/h2-5,7-11H,6H2,1H3;2-5,7-9,11-12H,6H2,1H3;2-8H,1H3;3-7,10H,2H2,1H3;2*2-6H,1H3. The van der Waals surface area contributed by atoms with Gasteiger partial charge in [-0.05, 0) is 125 Å². The maximum atomic E-state index is 3.19. The lowest BCUT2D eigenvalue weighted by Gasteiger charge is -2.31. The number of aromatic amines is 1. The van der Waals surface area contributed by atoms with Crippen molar-refractivity contribution in [2.45, 2.75) is 60.8 Å². The predicted molar refractivity (Wildman–Crippen MR) is 280 cm³/mol. The minimum Gasteiger partial charge on any atom is -0.361 e. The van der Waals surface area contributed by atoms with Gasteiger partial charge in [0.15, 0.2) is 0 Å². The molecule has 6 aromatic carbocycles. The van der Waals surface area contributed by atoms with E-state index >= 15 is 0 Å². The van der Waals surface area contributed by atoms with E-state index in [2.05, 4.69) is 223 Å². The average Bonchev–Trinajstić information content (AvgIpc) is 4.00. The van der Waals surface area contributed by atoms with Gasteiger partial charge in [0.1, 0.15) is 0 Å². The molecular formula is C63H65N. The topological polar surface area (TPSA) is 15.8 Å². The van der Waals surface area contributed by atoms with Crippen LogP contribution in [0.4, 0.5) is 0 Å². The highest BCUT2D eigenvalue weighted by Gasteiger charge is 2.29. The molecule has 4 unspecified atom stereocenters. The highest BCUT2D eigenvalue weighted by atomic mass is 14.6. The molecule has 0 aliphatic heterocycles. The van der Waals surface area contributed by atoms with E-state index in [0.717, 1.165) is 0 Å². The summed E-state index contributed by atoms with van der Waals surface area (Å²) in [4.78, 5) is 3.19. The second-order valence-electron chi connectivity index (χ2n) is 17.8. The van der Waals surface area contributed by atoms with Crippen LogP contribution in [0.2, 0.25) is 0 Å². The predicted octanol–water partition coefficient (Wildman–Crippen LogP) is 13.8. The minimum atomic E-state index is 0.559. The van der Waals surface area contributed by atoms with E-state index in [0.29, 0.717) is 23.7 Å². The molecule has 1 nitrogen and oxygen atoms in total. The van der Waals surface area contributed by atoms with E-state index < -0.39 is 0 Å². The summed E-state index contributed by atoms with van der Waals surface area (Å²) in [7, 11) is 0. The van der Waals surface area contributed by atoms with Gasteiger partial charge in [-0.3, -0.25) is 0 Å². The zero-order valence-corrected chi connectivity index (χ0v) is 38.7. The Hall–Kier alpha value is -6.70. The summed E-state index contributed by atoms with van der Waals surface area (Å²) in [5, 5.41) is 10.8. The van der Waals surface area contributed by atoms with Crippen LogP contribution in [0, 0.1) is 44.4 Å².